The molecule has 0 rings (SSSR count). The van der Waals surface area contributed by atoms with Crippen LogP contribution in [0.3, 0.4) is 0 Å². The summed E-state index contributed by atoms with van der Waals surface area (Å²) in [6, 6.07) is -0.493. The zero-order valence-electron chi connectivity index (χ0n) is 13.1. The highest BCUT2D eigenvalue weighted by molar-refractivity contribution is 5.90. The number of Topliss-reactive ketones (excluding diaryl/α,β-unsaturated/α-hetero) is 2. The Bertz CT molecular complexity index is 340. The van der Waals surface area contributed by atoms with E-state index in [1.54, 1.807) is 0 Å². The van der Waals surface area contributed by atoms with Gasteiger partial charge in [0, 0.05) is 12.3 Å². The molecular formula is C15H28N2O3. The van der Waals surface area contributed by atoms with E-state index in [0.29, 0.717) is 31.7 Å². The van der Waals surface area contributed by atoms with E-state index in [4.69, 9.17) is 5.73 Å². The molecule has 1 amide bonds. The lowest BCUT2D eigenvalue weighted by Gasteiger charge is -2.21. The average molecular weight is 284 g/mol. The highest BCUT2D eigenvalue weighted by Gasteiger charge is 2.25. The Hall–Kier alpha value is -1.23. The van der Waals surface area contributed by atoms with Crippen molar-refractivity contribution in [2.24, 2.45) is 17.6 Å². The van der Waals surface area contributed by atoms with Gasteiger partial charge in [-0.25, -0.2) is 0 Å². The number of hydrogen-bond acceptors (Lipinski definition) is 4. The molecule has 0 fully saturated rings. The molecule has 0 bridgehead atoms. The fraction of sp³-hybridized carbons (Fsp3) is 0.800. The van der Waals surface area contributed by atoms with E-state index < -0.39 is 6.04 Å². The van der Waals surface area contributed by atoms with Crippen molar-refractivity contribution in [2.45, 2.75) is 59.4 Å². The predicted octanol–water partition coefficient (Wildman–Crippen LogP) is 1.44. The van der Waals surface area contributed by atoms with Gasteiger partial charge in [0.2, 0.25) is 5.91 Å². The van der Waals surface area contributed by atoms with E-state index in [0.717, 1.165) is 0 Å². The molecule has 0 aliphatic rings. The van der Waals surface area contributed by atoms with Gasteiger partial charge < -0.3 is 15.8 Å². The van der Waals surface area contributed by atoms with Crippen LogP contribution in [-0.2, 0) is 14.4 Å². The van der Waals surface area contributed by atoms with Crippen LogP contribution in [0.15, 0.2) is 0 Å². The van der Waals surface area contributed by atoms with Crippen molar-refractivity contribution >= 4 is 17.5 Å². The summed E-state index contributed by atoms with van der Waals surface area (Å²) in [5, 5.41) is 2.77. The third kappa shape index (κ3) is 8.04. The van der Waals surface area contributed by atoms with Crippen molar-refractivity contribution in [1.29, 1.82) is 0 Å². The van der Waals surface area contributed by atoms with Crippen LogP contribution in [0, 0.1) is 11.8 Å². The van der Waals surface area contributed by atoms with E-state index in [1.807, 2.05) is 13.8 Å². The van der Waals surface area contributed by atoms with Crippen molar-refractivity contribution < 1.29 is 14.4 Å². The summed E-state index contributed by atoms with van der Waals surface area (Å²) in [7, 11) is 0. The Balaban J connectivity index is 4.68. The van der Waals surface area contributed by atoms with Gasteiger partial charge in [0.15, 0.2) is 5.78 Å². The lowest BCUT2D eigenvalue weighted by molar-refractivity contribution is -0.132. The SMILES string of the molecule is CC(=O)C[C@@H](CC(C)C)C(=O)N[C@@H](CCCN)C(C)=O. The van der Waals surface area contributed by atoms with E-state index in [-0.39, 0.29) is 29.8 Å². The molecule has 5 nitrogen and oxygen atoms in total. The Morgan fingerprint density at radius 3 is 2.15 bits per heavy atom. The fourth-order valence-electron chi connectivity index (χ4n) is 2.19. The topological polar surface area (TPSA) is 89.3 Å². The van der Waals surface area contributed by atoms with Gasteiger partial charge in [-0.05, 0) is 45.6 Å². The lowest BCUT2D eigenvalue weighted by atomic mass is 9.91. The zero-order valence-corrected chi connectivity index (χ0v) is 13.1. The minimum absolute atomic E-state index is 0.00728. The van der Waals surface area contributed by atoms with E-state index in [9.17, 15) is 14.4 Å². The minimum Gasteiger partial charge on any atom is -0.346 e. The average Bonchev–Trinajstić information content (AvgIpc) is 2.31. The van der Waals surface area contributed by atoms with Crippen molar-refractivity contribution in [3.63, 3.8) is 0 Å². The number of nitrogens with two attached hydrogens (primary N) is 1. The summed E-state index contributed by atoms with van der Waals surface area (Å²) in [5.41, 5.74) is 5.43. The molecule has 3 N–H and O–H groups in total. The van der Waals surface area contributed by atoms with Gasteiger partial charge in [-0.3, -0.25) is 9.59 Å². The zero-order chi connectivity index (χ0) is 15.7. The smallest absolute Gasteiger partial charge is 0.224 e. The number of rotatable bonds is 10. The molecule has 5 heteroatoms. The van der Waals surface area contributed by atoms with Crippen LogP contribution >= 0.6 is 0 Å². The molecule has 0 spiro atoms. The van der Waals surface area contributed by atoms with Crippen LogP contribution in [-0.4, -0.2) is 30.1 Å². The van der Waals surface area contributed by atoms with Gasteiger partial charge >= 0.3 is 0 Å². The summed E-state index contributed by atoms with van der Waals surface area (Å²) in [6.45, 7) is 7.46. The molecule has 0 aliphatic carbocycles. The Morgan fingerprint density at radius 2 is 1.75 bits per heavy atom. The van der Waals surface area contributed by atoms with Crippen LogP contribution in [0.5, 0.6) is 0 Å². The van der Waals surface area contributed by atoms with Gasteiger partial charge in [0.05, 0.1) is 6.04 Å². The second-order valence-electron chi connectivity index (χ2n) is 5.84. The molecule has 0 saturated carbocycles. The molecule has 0 aliphatic heterocycles. The summed E-state index contributed by atoms with van der Waals surface area (Å²) < 4.78 is 0. The maximum Gasteiger partial charge on any atom is 0.224 e. The highest BCUT2D eigenvalue weighted by Crippen LogP contribution is 2.17. The first kappa shape index (κ1) is 18.8. The maximum atomic E-state index is 12.2. The van der Waals surface area contributed by atoms with E-state index in [2.05, 4.69) is 5.32 Å². The fourth-order valence-corrected chi connectivity index (χ4v) is 2.19. The predicted molar refractivity (Wildman–Crippen MR) is 79.1 cm³/mol. The van der Waals surface area contributed by atoms with E-state index >= 15 is 0 Å². The van der Waals surface area contributed by atoms with Crippen molar-refractivity contribution in [3.05, 3.63) is 0 Å². The molecule has 0 aromatic heterocycles. The quantitative estimate of drug-likeness (QED) is 0.635. The molecular weight excluding hydrogens is 256 g/mol. The molecule has 0 heterocycles. The molecule has 0 unspecified atom stereocenters. The standard InChI is InChI=1S/C15H28N2O3/c1-10(2)8-13(9-11(3)18)15(20)17-14(12(4)19)6-5-7-16/h10,13-14H,5-9,16H2,1-4H3,(H,17,20)/t13-,14+/m1/s1. The number of carbonyl (C=O) groups excluding carboxylic acids is 3. The van der Waals surface area contributed by atoms with Crippen LogP contribution in [0.1, 0.15) is 53.4 Å². The summed E-state index contributed by atoms with van der Waals surface area (Å²) in [4.78, 5) is 35.0. The van der Waals surface area contributed by atoms with Gasteiger partial charge in [0.25, 0.3) is 0 Å². The molecule has 2 atom stereocenters. The Labute approximate surface area is 121 Å². The first-order chi connectivity index (χ1) is 9.27. The normalized spacial score (nSPS) is 13.9. The number of nitrogens with one attached hydrogen (secondary N) is 1. The summed E-state index contributed by atoms with van der Waals surface area (Å²) in [6.07, 6.45) is 2.11. The second kappa shape index (κ2) is 9.64. The number of amides is 1. The van der Waals surface area contributed by atoms with Crippen LogP contribution in [0.2, 0.25) is 0 Å². The monoisotopic (exact) mass is 284 g/mol. The van der Waals surface area contributed by atoms with Crippen LogP contribution in [0.25, 0.3) is 0 Å². The lowest BCUT2D eigenvalue weighted by Crippen LogP contribution is -2.43. The van der Waals surface area contributed by atoms with Crippen molar-refractivity contribution in [1.82, 2.24) is 5.32 Å². The largest absolute Gasteiger partial charge is 0.346 e. The molecule has 116 valence electrons. The van der Waals surface area contributed by atoms with Crippen molar-refractivity contribution in [2.75, 3.05) is 6.54 Å². The van der Waals surface area contributed by atoms with Gasteiger partial charge in [-0.15, -0.1) is 0 Å². The molecule has 20 heavy (non-hydrogen) atoms. The third-order valence-electron chi connectivity index (χ3n) is 3.16. The van der Waals surface area contributed by atoms with Crippen molar-refractivity contribution in [3.8, 4) is 0 Å². The molecule has 0 aromatic rings. The molecule has 0 aromatic carbocycles. The van der Waals surface area contributed by atoms with Gasteiger partial charge in [0.1, 0.15) is 5.78 Å². The number of carbonyl (C=O) groups is 3. The van der Waals surface area contributed by atoms with Gasteiger partial charge in [-0.1, -0.05) is 13.8 Å². The number of ketones is 2. The first-order valence-electron chi connectivity index (χ1n) is 7.28. The van der Waals surface area contributed by atoms with Gasteiger partial charge in [-0.2, -0.15) is 0 Å². The summed E-state index contributed by atoms with van der Waals surface area (Å²) in [5.74, 6) is -0.312. The van der Waals surface area contributed by atoms with Crippen LogP contribution < -0.4 is 11.1 Å². The molecule has 0 saturated heterocycles. The first-order valence-corrected chi connectivity index (χ1v) is 7.28. The maximum absolute atomic E-state index is 12.2. The second-order valence-corrected chi connectivity index (χ2v) is 5.84. The van der Waals surface area contributed by atoms with E-state index in [1.165, 1.54) is 13.8 Å². The number of hydrogen-bond donors (Lipinski definition) is 2. The Morgan fingerprint density at radius 1 is 1.15 bits per heavy atom. The highest BCUT2D eigenvalue weighted by atomic mass is 16.2. The molecule has 0 radical (unpaired) electrons. The Kier molecular flexibility index (Phi) is 9.05. The minimum atomic E-state index is -0.493. The van der Waals surface area contributed by atoms with Crippen LogP contribution in [0.4, 0.5) is 0 Å². The third-order valence-corrected chi connectivity index (χ3v) is 3.16. The summed E-state index contributed by atoms with van der Waals surface area (Å²) >= 11 is 0.